The Kier molecular flexibility index (Phi) is 5.29. The van der Waals surface area contributed by atoms with Crippen LogP contribution >= 0.6 is 0 Å². The third-order valence-corrected chi connectivity index (χ3v) is 5.21. The van der Waals surface area contributed by atoms with E-state index in [1.165, 1.54) is 17.3 Å². The monoisotopic (exact) mass is 394 g/mol. The van der Waals surface area contributed by atoms with Crippen LogP contribution in [0, 0.1) is 12.7 Å². The quantitative estimate of drug-likeness (QED) is 0.680. The van der Waals surface area contributed by atoms with E-state index in [9.17, 15) is 9.18 Å². The smallest absolute Gasteiger partial charge is 0.227 e. The number of aromatic nitrogens is 2. The topological polar surface area (TPSA) is 71.3 Å². The predicted molar refractivity (Wildman–Crippen MR) is 109 cm³/mol. The SMILES string of the molecule is CCN1CCc2ccc(NC(=O)CCc3nc(-c4ccc(C)c(F)c4)no3)cc21. The summed E-state index contributed by atoms with van der Waals surface area (Å²) in [6, 6.07) is 10.8. The summed E-state index contributed by atoms with van der Waals surface area (Å²) in [5, 5.41) is 6.82. The van der Waals surface area contributed by atoms with Gasteiger partial charge in [-0.25, -0.2) is 4.39 Å². The van der Waals surface area contributed by atoms with E-state index in [0.29, 0.717) is 29.3 Å². The van der Waals surface area contributed by atoms with Crippen LogP contribution in [-0.2, 0) is 17.6 Å². The highest BCUT2D eigenvalue weighted by molar-refractivity contribution is 5.91. The number of aryl methyl sites for hydroxylation is 2. The minimum Gasteiger partial charge on any atom is -0.371 e. The van der Waals surface area contributed by atoms with Gasteiger partial charge in [-0.15, -0.1) is 0 Å². The number of hydrogen-bond donors (Lipinski definition) is 1. The molecule has 0 unspecified atom stereocenters. The van der Waals surface area contributed by atoms with Crippen LogP contribution in [0.5, 0.6) is 0 Å². The number of carbonyl (C=O) groups is 1. The van der Waals surface area contributed by atoms with Gasteiger partial charge in [-0.3, -0.25) is 4.79 Å². The Morgan fingerprint density at radius 2 is 2.14 bits per heavy atom. The van der Waals surface area contributed by atoms with Gasteiger partial charge in [0.2, 0.25) is 17.6 Å². The van der Waals surface area contributed by atoms with Crippen molar-refractivity contribution >= 4 is 17.3 Å². The molecule has 150 valence electrons. The first-order valence-corrected chi connectivity index (χ1v) is 9.80. The number of rotatable bonds is 6. The number of fused-ring (bicyclic) bond motifs is 1. The molecular formula is C22H23FN4O2. The van der Waals surface area contributed by atoms with E-state index in [1.54, 1.807) is 19.1 Å². The number of nitrogens with zero attached hydrogens (tertiary/aromatic N) is 3. The highest BCUT2D eigenvalue weighted by Gasteiger charge is 2.18. The first kappa shape index (κ1) is 19.1. The Morgan fingerprint density at radius 1 is 1.28 bits per heavy atom. The lowest BCUT2D eigenvalue weighted by Gasteiger charge is -2.17. The molecule has 0 bridgehead atoms. The Hall–Kier alpha value is -3.22. The van der Waals surface area contributed by atoms with Crippen molar-refractivity contribution in [2.24, 2.45) is 0 Å². The zero-order chi connectivity index (χ0) is 20.4. The number of hydrogen-bond acceptors (Lipinski definition) is 5. The van der Waals surface area contributed by atoms with E-state index in [0.717, 1.165) is 25.2 Å². The maximum Gasteiger partial charge on any atom is 0.227 e. The van der Waals surface area contributed by atoms with Crippen LogP contribution in [-0.4, -0.2) is 29.1 Å². The Labute approximate surface area is 168 Å². The molecule has 1 N–H and O–H groups in total. The molecular weight excluding hydrogens is 371 g/mol. The number of benzene rings is 2. The molecule has 4 rings (SSSR count). The van der Waals surface area contributed by atoms with E-state index in [-0.39, 0.29) is 18.1 Å². The molecule has 0 aliphatic carbocycles. The molecule has 0 saturated heterocycles. The van der Waals surface area contributed by atoms with Gasteiger partial charge in [0.1, 0.15) is 5.82 Å². The summed E-state index contributed by atoms with van der Waals surface area (Å²) in [6.45, 7) is 5.80. The largest absolute Gasteiger partial charge is 0.371 e. The lowest BCUT2D eigenvalue weighted by molar-refractivity contribution is -0.116. The van der Waals surface area contributed by atoms with Gasteiger partial charge in [-0.2, -0.15) is 4.98 Å². The van der Waals surface area contributed by atoms with Crippen LogP contribution < -0.4 is 10.2 Å². The fraction of sp³-hybridized carbons (Fsp3) is 0.318. The summed E-state index contributed by atoms with van der Waals surface area (Å²) in [5.41, 5.74) is 4.40. The molecule has 3 aromatic rings. The Morgan fingerprint density at radius 3 is 2.93 bits per heavy atom. The average Bonchev–Trinajstić information content (AvgIpc) is 3.35. The molecule has 0 spiro atoms. The minimum absolute atomic E-state index is 0.118. The second-order valence-corrected chi connectivity index (χ2v) is 7.20. The van der Waals surface area contributed by atoms with Crippen LogP contribution in [0.15, 0.2) is 40.9 Å². The summed E-state index contributed by atoms with van der Waals surface area (Å²) >= 11 is 0. The third kappa shape index (κ3) is 4.13. The second kappa shape index (κ2) is 8.03. The molecule has 0 atom stereocenters. The highest BCUT2D eigenvalue weighted by atomic mass is 19.1. The van der Waals surface area contributed by atoms with Gasteiger partial charge in [0.05, 0.1) is 0 Å². The van der Waals surface area contributed by atoms with E-state index >= 15 is 0 Å². The normalized spacial score (nSPS) is 12.9. The van der Waals surface area contributed by atoms with E-state index in [1.807, 2.05) is 12.1 Å². The molecule has 1 aliphatic rings. The van der Waals surface area contributed by atoms with Gasteiger partial charge < -0.3 is 14.7 Å². The fourth-order valence-electron chi connectivity index (χ4n) is 3.50. The van der Waals surface area contributed by atoms with Crippen LogP contribution in [0.25, 0.3) is 11.4 Å². The maximum absolute atomic E-state index is 13.7. The standard InChI is InChI=1S/C22H23FN4O2/c1-3-27-11-10-15-6-7-17(13-19(15)27)24-20(28)8-9-21-25-22(26-29-21)16-5-4-14(2)18(23)12-16/h4-7,12-13H,3,8-11H2,1-2H3,(H,24,28). The summed E-state index contributed by atoms with van der Waals surface area (Å²) in [5.74, 6) is 0.233. The molecule has 2 heterocycles. The number of amides is 1. The fourth-order valence-corrected chi connectivity index (χ4v) is 3.50. The molecule has 0 saturated carbocycles. The molecule has 6 nitrogen and oxygen atoms in total. The van der Waals surface area contributed by atoms with Gasteiger partial charge in [-0.1, -0.05) is 23.4 Å². The second-order valence-electron chi connectivity index (χ2n) is 7.20. The van der Waals surface area contributed by atoms with Gasteiger partial charge in [0.25, 0.3) is 0 Å². The van der Waals surface area contributed by atoms with Gasteiger partial charge in [-0.05, 0) is 49.6 Å². The summed E-state index contributed by atoms with van der Waals surface area (Å²) in [4.78, 5) is 18.9. The van der Waals surface area contributed by atoms with Crippen molar-refractivity contribution < 1.29 is 13.7 Å². The lowest BCUT2D eigenvalue weighted by atomic mass is 10.1. The molecule has 1 aromatic heterocycles. The van der Waals surface area contributed by atoms with Crippen molar-refractivity contribution in [3.05, 3.63) is 59.2 Å². The number of nitrogens with one attached hydrogen (secondary N) is 1. The van der Waals surface area contributed by atoms with E-state index in [4.69, 9.17) is 4.52 Å². The van der Waals surface area contributed by atoms with E-state index < -0.39 is 0 Å². The molecule has 1 amide bonds. The zero-order valence-electron chi connectivity index (χ0n) is 16.5. The van der Waals surface area contributed by atoms with Crippen molar-refractivity contribution in [2.75, 3.05) is 23.3 Å². The summed E-state index contributed by atoms with van der Waals surface area (Å²) in [6.07, 6.45) is 1.58. The van der Waals surface area contributed by atoms with Crippen molar-refractivity contribution in [1.29, 1.82) is 0 Å². The maximum atomic E-state index is 13.7. The number of carbonyl (C=O) groups excluding carboxylic acids is 1. The van der Waals surface area contributed by atoms with Crippen molar-refractivity contribution in [3.8, 4) is 11.4 Å². The van der Waals surface area contributed by atoms with Crippen molar-refractivity contribution in [2.45, 2.75) is 33.1 Å². The summed E-state index contributed by atoms with van der Waals surface area (Å²) in [7, 11) is 0. The molecule has 29 heavy (non-hydrogen) atoms. The van der Waals surface area contributed by atoms with Crippen LogP contribution in [0.4, 0.5) is 15.8 Å². The number of anilines is 2. The molecule has 1 aliphatic heterocycles. The minimum atomic E-state index is -0.316. The summed E-state index contributed by atoms with van der Waals surface area (Å²) < 4.78 is 18.9. The molecule has 0 fully saturated rings. The van der Waals surface area contributed by atoms with Gasteiger partial charge in [0, 0.05) is 42.9 Å². The van der Waals surface area contributed by atoms with Crippen LogP contribution in [0.1, 0.15) is 30.4 Å². The molecule has 2 aromatic carbocycles. The number of halogens is 1. The molecule has 7 heteroatoms. The Balaban J connectivity index is 1.36. The van der Waals surface area contributed by atoms with Crippen molar-refractivity contribution in [3.63, 3.8) is 0 Å². The first-order valence-electron chi connectivity index (χ1n) is 9.80. The average molecular weight is 394 g/mol. The first-order chi connectivity index (χ1) is 14.0. The van der Waals surface area contributed by atoms with Gasteiger partial charge in [0.15, 0.2) is 0 Å². The Bertz CT molecular complexity index is 1050. The molecule has 0 radical (unpaired) electrons. The van der Waals surface area contributed by atoms with Crippen molar-refractivity contribution in [1.82, 2.24) is 10.1 Å². The number of likely N-dealkylation sites (N-methyl/N-ethyl adjacent to an activating group) is 1. The third-order valence-electron chi connectivity index (χ3n) is 5.21. The van der Waals surface area contributed by atoms with Crippen LogP contribution in [0.2, 0.25) is 0 Å². The zero-order valence-corrected chi connectivity index (χ0v) is 16.5. The lowest BCUT2D eigenvalue weighted by Crippen LogP contribution is -2.19. The van der Waals surface area contributed by atoms with Gasteiger partial charge >= 0.3 is 0 Å². The highest BCUT2D eigenvalue weighted by Crippen LogP contribution is 2.30. The van der Waals surface area contributed by atoms with E-state index in [2.05, 4.69) is 33.3 Å². The predicted octanol–water partition coefficient (Wildman–Crippen LogP) is 4.14. The van der Waals surface area contributed by atoms with Crippen LogP contribution in [0.3, 0.4) is 0 Å².